The summed E-state index contributed by atoms with van der Waals surface area (Å²) in [5.41, 5.74) is 7.06. The summed E-state index contributed by atoms with van der Waals surface area (Å²) in [5, 5.41) is 1.92. The summed E-state index contributed by atoms with van der Waals surface area (Å²) in [6.07, 6.45) is 0.614. The highest BCUT2D eigenvalue weighted by Gasteiger charge is 2.11. The van der Waals surface area contributed by atoms with Crippen LogP contribution < -0.4 is 11.3 Å². The molecule has 0 unspecified atom stereocenters. The summed E-state index contributed by atoms with van der Waals surface area (Å²) in [6, 6.07) is 0. The fourth-order valence-corrected chi connectivity index (χ4v) is 2.75. The SMILES string of the molecule is Cc1csc2nc(CCN)c(Br)c(=O)n12.Cl. The van der Waals surface area contributed by atoms with Crippen LogP contribution in [0.25, 0.3) is 4.96 Å². The van der Waals surface area contributed by atoms with E-state index in [1.54, 1.807) is 4.40 Å². The Bertz CT molecular complexity index is 566. The predicted octanol–water partition coefficient (Wildman–Crippen LogP) is 1.75. The Balaban J connectivity index is 0.00000128. The van der Waals surface area contributed by atoms with Gasteiger partial charge in [0.15, 0.2) is 4.96 Å². The van der Waals surface area contributed by atoms with Crippen LogP contribution in [0.1, 0.15) is 11.4 Å². The Kier molecular flexibility index (Phi) is 4.49. The molecule has 0 saturated carbocycles. The predicted molar refractivity (Wildman–Crippen MR) is 71.8 cm³/mol. The van der Waals surface area contributed by atoms with Gasteiger partial charge in [0.1, 0.15) is 4.47 Å². The van der Waals surface area contributed by atoms with Gasteiger partial charge in [-0.1, -0.05) is 0 Å². The van der Waals surface area contributed by atoms with Crippen molar-refractivity contribution in [2.75, 3.05) is 6.54 Å². The highest BCUT2D eigenvalue weighted by atomic mass is 79.9. The Labute approximate surface area is 111 Å². The molecule has 2 aromatic rings. The van der Waals surface area contributed by atoms with Gasteiger partial charge in [0.05, 0.1) is 5.69 Å². The summed E-state index contributed by atoms with van der Waals surface area (Å²) in [7, 11) is 0. The first-order chi connectivity index (χ1) is 7.15. The summed E-state index contributed by atoms with van der Waals surface area (Å²) in [4.78, 5) is 17.1. The molecule has 0 atom stereocenters. The molecule has 2 rings (SSSR count). The first-order valence-corrected chi connectivity index (χ1v) is 6.17. The third-order valence-electron chi connectivity index (χ3n) is 2.13. The fraction of sp³-hybridized carbons (Fsp3) is 0.333. The molecule has 4 nitrogen and oxygen atoms in total. The zero-order chi connectivity index (χ0) is 11.0. The fourth-order valence-electron chi connectivity index (χ4n) is 1.41. The number of nitrogens with zero attached hydrogens (tertiary/aromatic N) is 2. The summed E-state index contributed by atoms with van der Waals surface area (Å²) >= 11 is 4.74. The monoisotopic (exact) mass is 323 g/mol. The van der Waals surface area contributed by atoms with Crippen molar-refractivity contribution in [3.63, 3.8) is 0 Å². The lowest BCUT2D eigenvalue weighted by atomic mass is 10.3. The number of fused-ring (bicyclic) bond motifs is 1. The molecule has 88 valence electrons. The van der Waals surface area contributed by atoms with E-state index >= 15 is 0 Å². The number of rotatable bonds is 2. The molecule has 0 aliphatic carbocycles. The van der Waals surface area contributed by atoms with Crippen molar-refractivity contribution in [2.45, 2.75) is 13.3 Å². The lowest BCUT2D eigenvalue weighted by molar-refractivity contribution is 0.890. The summed E-state index contributed by atoms with van der Waals surface area (Å²) < 4.78 is 2.13. The van der Waals surface area contributed by atoms with Crippen molar-refractivity contribution in [1.29, 1.82) is 0 Å². The number of aryl methyl sites for hydroxylation is 1. The number of hydrogen-bond acceptors (Lipinski definition) is 4. The minimum atomic E-state index is -0.0535. The lowest BCUT2D eigenvalue weighted by Crippen LogP contribution is -2.19. The zero-order valence-electron chi connectivity index (χ0n) is 8.57. The molecule has 0 fully saturated rings. The smallest absolute Gasteiger partial charge is 0.273 e. The number of aromatic nitrogens is 2. The maximum Gasteiger partial charge on any atom is 0.273 e. The molecule has 0 saturated heterocycles. The molecule has 16 heavy (non-hydrogen) atoms. The van der Waals surface area contributed by atoms with Gasteiger partial charge in [-0.25, -0.2) is 4.98 Å². The van der Waals surface area contributed by atoms with Crippen molar-refractivity contribution in [2.24, 2.45) is 5.73 Å². The normalized spacial score (nSPS) is 10.4. The molecule has 2 aromatic heterocycles. The molecule has 0 bridgehead atoms. The molecule has 2 N–H and O–H groups in total. The van der Waals surface area contributed by atoms with Crippen LogP contribution in [0, 0.1) is 6.92 Å². The maximum atomic E-state index is 11.9. The number of hydrogen-bond donors (Lipinski definition) is 1. The van der Waals surface area contributed by atoms with E-state index in [9.17, 15) is 4.79 Å². The van der Waals surface area contributed by atoms with E-state index in [4.69, 9.17) is 5.73 Å². The van der Waals surface area contributed by atoms with E-state index in [1.807, 2.05) is 12.3 Å². The summed E-state index contributed by atoms with van der Waals surface area (Å²) in [6.45, 7) is 2.38. The van der Waals surface area contributed by atoms with Crippen molar-refractivity contribution in [3.8, 4) is 0 Å². The van der Waals surface area contributed by atoms with Crippen LogP contribution in [-0.4, -0.2) is 15.9 Å². The quantitative estimate of drug-likeness (QED) is 0.915. The van der Waals surface area contributed by atoms with Gasteiger partial charge in [0.2, 0.25) is 0 Å². The standard InChI is InChI=1S/C9H10BrN3OS.ClH/c1-5-4-15-9-12-6(2-3-11)7(10)8(14)13(5)9;/h4H,2-3,11H2,1H3;1H. The van der Waals surface area contributed by atoms with Crippen molar-refractivity contribution in [1.82, 2.24) is 9.38 Å². The van der Waals surface area contributed by atoms with Crippen LogP contribution >= 0.6 is 39.7 Å². The molecular formula is C9H11BrClN3OS. The van der Waals surface area contributed by atoms with E-state index in [1.165, 1.54) is 11.3 Å². The van der Waals surface area contributed by atoms with Crippen LogP contribution in [0.3, 0.4) is 0 Å². The average molecular weight is 325 g/mol. The van der Waals surface area contributed by atoms with Gasteiger partial charge in [-0.05, 0) is 29.4 Å². The first kappa shape index (κ1) is 13.6. The third kappa shape index (κ3) is 2.15. The lowest BCUT2D eigenvalue weighted by Gasteiger charge is -2.02. The van der Waals surface area contributed by atoms with Crippen LogP contribution in [0.4, 0.5) is 0 Å². The molecule has 7 heteroatoms. The van der Waals surface area contributed by atoms with Gasteiger partial charge in [0.25, 0.3) is 5.56 Å². The first-order valence-electron chi connectivity index (χ1n) is 4.50. The molecule has 0 aliphatic heterocycles. The van der Waals surface area contributed by atoms with Crippen LogP contribution in [0.15, 0.2) is 14.6 Å². The number of thiazole rings is 1. The Morgan fingerprint density at radius 1 is 1.62 bits per heavy atom. The molecule has 0 radical (unpaired) electrons. The largest absolute Gasteiger partial charge is 0.330 e. The van der Waals surface area contributed by atoms with E-state index in [0.29, 0.717) is 17.4 Å². The molecule has 0 amide bonds. The number of nitrogens with two attached hydrogens (primary N) is 1. The minimum absolute atomic E-state index is 0. The molecular weight excluding hydrogens is 314 g/mol. The Hall–Kier alpha value is -0.430. The highest BCUT2D eigenvalue weighted by molar-refractivity contribution is 9.10. The maximum absolute atomic E-state index is 11.9. The van der Waals surface area contributed by atoms with Gasteiger partial charge in [-0.15, -0.1) is 23.7 Å². The van der Waals surface area contributed by atoms with E-state index in [2.05, 4.69) is 20.9 Å². The van der Waals surface area contributed by atoms with Crippen molar-refractivity contribution >= 4 is 44.6 Å². The van der Waals surface area contributed by atoms with E-state index in [-0.39, 0.29) is 18.0 Å². The Morgan fingerprint density at radius 2 is 2.31 bits per heavy atom. The van der Waals surface area contributed by atoms with Crippen molar-refractivity contribution < 1.29 is 0 Å². The van der Waals surface area contributed by atoms with Gasteiger partial charge < -0.3 is 5.73 Å². The van der Waals surface area contributed by atoms with E-state index < -0.39 is 0 Å². The highest BCUT2D eigenvalue weighted by Crippen LogP contribution is 2.16. The topological polar surface area (TPSA) is 60.4 Å². The molecule has 0 aromatic carbocycles. The zero-order valence-corrected chi connectivity index (χ0v) is 11.8. The van der Waals surface area contributed by atoms with Crippen LogP contribution in [-0.2, 0) is 6.42 Å². The second-order valence-corrected chi connectivity index (χ2v) is 4.84. The summed E-state index contributed by atoms with van der Waals surface area (Å²) in [5.74, 6) is 0. The van der Waals surface area contributed by atoms with Gasteiger partial charge in [0, 0.05) is 17.5 Å². The Morgan fingerprint density at radius 3 is 2.94 bits per heavy atom. The minimum Gasteiger partial charge on any atom is -0.330 e. The molecule has 2 heterocycles. The van der Waals surface area contributed by atoms with Crippen LogP contribution in [0.2, 0.25) is 0 Å². The van der Waals surface area contributed by atoms with Crippen molar-refractivity contribution in [3.05, 3.63) is 31.6 Å². The molecule has 0 spiro atoms. The van der Waals surface area contributed by atoms with Gasteiger partial charge in [-0.3, -0.25) is 9.20 Å². The van der Waals surface area contributed by atoms with Crippen LogP contribution in [0.5, 0.6) is 0 Å². The second kappa shape index (κ2) is 5.27. The molecule has 0 aliphatic rings. The number of halogens is 2. The average Bonchev–Trinajstić information content (AvgIpc) is 2.56. The third-order valence-corrected chi connectivity index (χ3v) is 3.88. The second-order valence-electron chi connectivity index (χ2n) is 3.21. The van der Waals surface area contributed by atoms with E-state index in [0.717, 1.165) is 16.3 Å². The van der Waals surface area contributed by atoms with Gasteiger partial charge >= 0.3 is 0 Å². The van der Waals surface area contributed by atoms with Gasteiger partial charge in [-0.2, -0.15) is 0 Å².